The molecule has 1 unspecified atom stereocenters. The lowest BCUT2D eigenvalue weighted by Crippen LogP contribution is -2.20. The molecule has 2 nitrogen and oxygen atoms in total. The van der Waals surface area contributed by atoms with E-state index in [9.17, 15) is 5.11 Å². The van der Waals surface area contributed by atoms with Gasteiger partial charge in [-0.1, -0.05) is 53.7 Å². The van der Waals surface area contributed by atoms with E-state index in [2.05, 4.69) is 53.7 Å². The van der Waals surface area contributed by atoms with Gasteiger partial charge in [-0.2, -0.15) is 0 Å². The second-order valence-corrected chi connectivity index (χ2v) is 7.37. The van der Waals surface area contributed by atoms with E-state index in [0.29, 0.717) is 6.61 Å². The molecule has 0 fully saturated rings. The van der Waals surface area contributed by atoms with E-state index >= 15 is 0 Å². The average molecular weight is 264 g/mol. The highest BCUT2D eigenvalue weighted by Gasteiger charge is 2.23. The second kappa shape index (κ2) is 5.54. The van der Waals surface area contributed by atoms with Gasteiger partial charge in [-0.05, 0) is 34.9 Å². The molecule has 0 aliphatic rings. The van der Waals surface area contributed by atoms with Crippen LogP contribution in [-0.2, 0) is 10.8 Å². The van der Waals surface area contributed by atoms with Crippen molar-refractivity contribution in [3.8, 4) is 5.75 Å². The van der Waals surface area contributed by atoms with Crippen LogP contribution in [-0.4, -0.2) is 17.8 Å². The lowest BCUT2D eigenvalue weighted by Gasteiger charge is -2.27. The number of ether oxygens (including phenoxy) is 1. The van der Waals surface area contributed by atoms with Crippen LogP contribution in [0.1, 0.15) is 59.6 Å². The molecule has 108 valence electrons. The third-order valence-corrected chi connectivity index (χ3v) is 3.13. The SMILES string of the molecule is CC(O)COc1ccc(C(C)(C)C)cc1C(C)(C)C. The summed E-state index contributed by atoms with van der Waals surface area (Å²) in [5, 5.41) is 9.37. The van der Waals surface area contributed by atoms with Crippen molar-refractivity contribution >= 4 is 0 Å². The van der Waals surface area contributed by atoms with Gasteiger partial charge in [0, 0.05) is 0 Å². The molecule has 0 saturated heterocycles. The van der Waals surface area contributed by atoms with Gasteiger partial charge in [0.1, 0.15) is 12.4 Å². The minimum absolute atomic E-state index is 0.0231. The van der Waals surface area contributed by atoms with Crippen molar-refractivity contribution in [1.82, 2.24) is 0 Å². The Hall–Kier alpha value is -1.02. The Kier molecular flexibility index (Phi) is 4.67. The van der Waals surface area contributed by atoms with Crippen LogP contribution in [0.25, 0.3) is 0 Å². The number of benzene rings is 1. The largest absolute Gasteiger partial charge is 0.491 e. The molecule has 0 amide bonds. The fraction of sp³-hybridized carbons (Fsp3) is 0.647. The van der Waals surface area contributed by atoms with Crippen LogP contribution < -0.4 is 4.74 Å². The molecule has 0 aliphatic heterocycles. The summed E-state index contributed by atoms with van der Waals surface area (Å²) in [6.45, 7) is 15.3. The number of rotatable bonds is 3. The number of hydrogen-bond acceptors (Lipinski definition) is 2. The zero-order valence-electron chi connectivity index (χ0n) is 13.4. The van der Waals surface area contributed by atoms with Gasteiger partial charge in [-0.25, -0.2) is 0 Å². The third kappa shape index (κ3) is 4.54. The van der Waals surface area contributed by atoms with Gasteiger partial charge in [0.05, 0.1) is 6.10 Å². The summed E-state index contributed by atoms with van der Waals surface area (Å²) in [5.41, 5.74) is 2.65. The minimum Gasteiger partial charge on any atom is -0.491 e. The normalized spacial score (nSPS) is 14.3. The van der Waals surface area contributed by atoms with Crippen LogP contribution in [0, 0.1) is 0 Å². The molecule has 0 spiro atoms. The number of aliphatic hydroxyl groups excluding tert-OH is 1. The van der Waals surface area contributed by atoms with E-state index in [1.54, 1.807) is 6.92 Å². The van der Waals surface area contributed by atoms with Crippen molar-refractivity contribution in [2.24, 2.45) is 0 Å². The first kappa shape index (κ1) is 16.0. The minimum atomic E-state index is -0.449. The first-order valence-electron chi connectivity index (χ1n) is 6.97. The first-order chi connectivity index (χ1) is 8.51. The fourth-order valence-corrected chi connectivity index (χ4v) is 1.92. The summed E-state index contributed by atoms with van der Waals surface area (Å²) < 4.78 is 5.74. The molecular formula is C17H28O2. The summed E-state index contributed by atoms with van der Waals surface area (Å²) in [7, 11) is 0. The Morgan fingerprint density at radius 1 is 1.05 bits per heavy atom. The molecule has 1 rings (SSSR count). The Labute approximate surface area is 117 Å². The van der Waals surface area contributed by atoms with Crippen molar-refractivity contribution < 1.29 is 9.84 Å². The van der Waals surface area contributed by atoms with Crippen molar-refractivity contribution in [2.75, 3.05) is 6.61 Å². The number of aliphatic hydroxyl groups is 1. The zero-order valence-corrected chi connectivity index (χ0v) is 13.4. The highest BCUT2D eigenvalue weighted by molar-refractivity contribution is 5.43. The Balaban J connectivity index is 3.18. The quantitative estimate of drug-likeness (QED) is 0.892. The predicted molar refractivity (Wildman–Crippen MR) is 81.0 cm³/mol. The van der Waals surface area contributed by atoms with Crippen LogP contribution in [0.5, 0.6) is 5.75 Å². The molecule has 0 radical (unpaired) electrons. The summed E-state index contributed by atoms with van der Waals surface area (Å²) in [4.78, 5) is 0. The molecule has 2 heteroatoms. The average Bonchev–Trinajstić information content (AvgIpc) is 2.23. The maximum absolute atomic E-state index is 9.37. The zero-order chi connectivity index (χ0) is 14.8. The summed E-state index contributed by atoms with van der Waals surface area (Å²) in [6, 6.07) is 6.38. The van der Waals surface area contributed by atoms with Crippen molar-refractivity contribution in [3.63, 3.8) is 0 Å². The van der Waals surface area contributed by atoms with Gasteiger partial charge in [0.25, 0.3) is 0 Å². The molecule has 0 aromatic heterocycles. The predicted octanol–water partition coefficient (Wildman–Crippen LogP) is 4.04. The monoisotopic (exact) mass is 264 g/mol. The Morgan fingerprint density at radius 2 is 1.63 bits per heavy atom. The van der Waals surface area contributed by atoms with E-state index in [1.807, 2.05) is 6.07 Å². The molecule has 1 aromatic rings. The van der Waals surface area contributed by atoms with E-state index < -0.39 is 6.10 Å². The van der Waals surface area contributed by atoms with Crippen LogP contribution in [0.4, 0.5) is 0 Å². The standard InChI is InChI=1S/C17H28O2/c1-12(18)11-19-15-9-8-13(16(2,3)4)10-14(15)17(5,6)7/h8-10,12,18H,11H2,1-7H3. The smallest absolute Gasteiger partial charge is 0.123 e. The molecule has 0 saturated carbocycles. The van der Waals surface area contributed by atoms with Crippen molar-refractivity contribution in [2.45, 2.75) is 65.4 Å². The van der Waals surface area contributed by atoms with Gasteiger partial charge >= 0.3 is 0 Å². The third-order valence-electron chi connectivity index (χ3n) is 3.13. The number of hydrogen-bond donors (Lipinski definition) is 1. The van der Waals surface area contributed by atoms with Gasteiger partial charge < -0.3 is 9.84 Å². The molecule has 1 aromatic carbocycles. The van der Waals surface area contributed by atoms with Gasteiger partial charge in [-0.3, -0.25) is 0 Å². The molecule has 0 heterocycles. The highest BCUT2D eigenvalue weighted by Crippen LogP contribution is 2.35. The molecule has 1 atom stereocenters. The van der Waals surface area contributed by atoms with E-state index in [-0.39, 0.29) is 10.8 Å². The van der Waals surface area contributed by atoms with Crippen LogP contribution in [0.2, 0.25) is 0 Å². The molecule has 0 aliphatic carbocycles. The maximum atomic E-state index is 9.37. The van der Waals surface area contributed by atoms with Gasteiger partial charge in [0.15, 0.2) is 0 Å². The molecular weight excluding hydrogens is 236 g/mol. The lowest BCUT2D eigenvalue weighted by molar-refractivity contribution is 0.121. The molecule has 1 N–H and O–H groups in total. The maximum Gasteiger partial charge on any atom is 0.123 e. The van der Waals surface area contributed by atoms with E-state index in [4.69, 9.17) is 4.74 Å². The lowest BCUT2D eigenvalue weighted by atomic mass is 9.80. The summed E-state index contributed by atoms with van der Waals surface area (Å²) >= 11 is 0. The van der Waals surface area contributed by atoms with Gasteiger partial charge in [0.2, 0.25) is 0 Å². The Morgan fingerprint density at radius 3 is 2.05 bits per heavy atom. The van der Waals surface area contributed by atoms with Crippen molar-refractivity contribution in [1.29, 1.82) is 0 Å². The summed E-state index contributed by atoms with van der Waals surface area (Å²) in [6.07, 6.45) is -0.449. The van der Waals surface area contributed by atoms with Crippen LogP contribution in [0.3, 0.4) is 0 Å². The van der Waals surface area contributed by atoms with Crippen LogP contribution in [0.15, 0.2) is 18.2 Å². The summed E-state index contributed by atoms with van der Waals surface area (Å²) in [5.74, 6) is 0.876. The van der Waals surface area contributed by atoms with E-state index in [0.717, 1.165) is 5.75 Å². The van der Waals surface area contributed by atoms with Crippen LogP contribution >= 0.6 is 0 Å². The Bertz CT molecular complexity index is 420. The van der Waals surface area contributed by atoms with Crippen molar-refractivity contribution in [3.05, 3.63) is 29.3 Å². The molecule has 0 bridgehead atoms. The topological polar surface area (TPSA) is 29.5 Å². The van der Waals surface area contributed by atoms with E-state index in [1.165, 1.54) is 11.1 Å². The fourth-order valence-electron chi connectivity index (χ4n) is 1.92. The second-order valence-electron chi connectivity index (χ2n) is 7.37. The van der Waals surface area contributed by atoms with Gasteiger partial charge in [-0.15, -0.1) is 0 Å². The first-order valence-corrected chi connectivity index (χ1v) is 6.97. The highest BCUT2D eigenvalue weighted by atomic mass is 16.5. The molecule has 19 heavy (non-hydrogen) atoms.